The predicted octanol–water partition coefficient (Wildman–Crippen LogP) is 3.74. The molecular formula is C12H12Cl2O2. The van der Waals surface area contributed by atoms with E-state index in [0.29, 0.717) is 28.8 Å². The van der Waals surface area contributed by atoms with Gasteiger partial charge in [0, 0.05) is 12.3 Å². The average Bonchev–Trinajstić information content (AvgIpc) is 3.05. The van der Waals surface area contributed by atoms with Crippen molar-refractivity contribution in [3.63, 3.8) is 0 Å². The van der Waals surface area contributed by atoms with E-state index in [9.17, 15) is 4.79 Å². The van der Waals surface area contributed by atoms with E-state index in [4.69, 9.17) is 27.9 Å². The molecule has 1 fully saturated rings. The van der Waals surface area contributed by atoms with Crippen molar-refractivity contribution in [1.82, 2.24) is 0 Å². The molecular weight excluding hydrogens is 247 g/mol. The molecule has 1 aromatic rings. The quantitative estimate of drug-likeness (QED) is 0.805. The van der Waals surface area contributed by atoms with Crippen LogP contribution in [0.1, 0.15) is 19.3 Å². The summed E-state index contributed by atoms with van der Waals surface area (Å²) in [6, 6.07) is 5.18. The third-order valence-corrected chi connectivity index (χ3v) is 3.14. The van der Waals surface area contributed by atoms with Crippen LogP contribution in [0.2, 0.25) is 10.0 Å². The first-order valence-corrected chi connectivity index (χ1v) is 6.03. The second-order valence-electron chi connectivity index (χ2n) is 3.89. The van der Waals surface area contributed by atoms with Gasteiger partial charge in [0.15, 0.2) is 5.75 Å². The average molecular weight is 259 g/mol. The van der Waals surface area contributed by atoms with Crippen LogP contribution in [0.25, 0.3) is 0 Å². The van der Waals surface area contributed by atoms with Gasteiger partial charge in [-0.2, -0.15) is 0 Å². The fourth-order valence-corrected chi connectivity index (χ4v) is 1.99. The van der Waals surface area contributed by atoms with Crippen molar-refractivity contribution in [3.8, 4) is 5.75 Å². The maximum Gasteiger partial charge on any atom is 0.156 e. The van der Waals surface area contributed by atoms with Gasteiger partial charge < -0.3 is 4.74 Å². The Balaban J connectivity index is 1.86. The van der Waals surface area contributed by atoms with Crippen molar-refractivity contribution in [2.75, 3.05) is 6.61 Å². The van der Waals surface area contributed by atoms with Crippen LogP contribution in [0.3, 0.4) is 0 Å². The van der Waals surface area contributed by atoms with E-state index >= 15 is 0 Å². The Hall–Kier alpha value is -0.730. The van der Waals surface area contributed by atoms with Crippen LogP contribution in [0.5, 0.6) is 5.75 Å². The molecule has 0 aliphatic heterocycles. The topological polar surface area (TPSA) is 26.3 Å². The number of para-hydroxylation sites is 1. The lowest BCUT2D eigenvalue weighted by Gasteiger charge is -2.08. The van der Waals surface area contributed by atoms with E-state index in [1.807, 2.05) is 0 Å². The standard InChI is InChI=1S/C12H12Cl2O2/c13-9-2-1-3-10(14)12(9)16-7-6-11(15)8-4-5-8/h1-3,8H,4-7H2. The third kappa shape index (κ3) is 2.89. The fraction of sp³-hybridized carbons (Fsp3) is 0.417. The van der Waals surface area contributed by atoms with Crippen LogP contribution in [-0.2, 0) is 4.79 Å². The molecule has 0 amide bonds. The molecule has 0 N–H and O–H groups in total. The molecule has 0 unspecified atom stereocenters. The van der Waals surface area contributed by atoms with Crippen molar-refractivity contribution >= 4 is 29.0 Å². The lowest BCUT2D eigenvalue weighted by atomic mass is 10.2. The van der Waals surface area contributed by atoms with Crippen molar-refractivity contribution in [2.45, 2.75) is 19.3 Å². The van der Waals surface area contributed by atoms with Gasteiger partial charge in [-0.3, -0.25) is 4.79 Å². The molecule has 1 aliphatic carbocycles. The van der Waals surface area contributed by atoms with Crippen LogP contribution in [0, 0.1) is 5.92 Å². The molecule has 0 aromatic heterocycles. The monoisotopic (exact) mass is 258 g/mol. The Morgan fingerprint density at radius 1 is 1.31 bits per heavy atom. The fourth-order valence-electron chi connectivity index (χ4n) is 1.48. The first kappa shape index (κ1) is 11.7. The number of carbonyl (C=O) groups excluding carboxylic acids is 1. The summed E-state index contributed by atoms with van der Waals surface area (Å²) in [5, 5.41) is 0.956. The zero-order valence-electron chi connectivity index (χ0n) is 8.71. The number of benzene rings is 1. The van der Waals surface area contributed by atoms with E-state index < -0.39 is 0 Å². The molecule has 0 saturated heterocycles. The summed E-state index contributed by atoms with van der Waals surface area (Å²) in [6.07, 6.45) is 2.50. The molecule has 0 bridgehead atoms. The van der Waals surface area contributed by atoms with Crippen LogP contribution < -0.4 is 4.74 Å². The molecule has 1 aromatic carbocycles. The second-order valence-corrected chi connectivity index (χ2v) is 4.70. The van der Waals surface area contributed by atoms with Gasteiger partial charge in [0.25, 0.3) is 0 Å². The Kier molecular flexibility index (Phi) is 3.72. The van der Waals surface area contributed by atoms with Crippen LogP contribution in [-0.4, -0.2) is 12.4 Å². The summed E-state index contributed by atoms with van der Waals surface area (Å²) in [5.41, 5.74) is 0. The first-order chi connectivity index (χ1) is 7.68. The maximum absolute atomic E-state index is 11.4. The van der Waals surface area contributed by atoms with Gasteiger partial charge in [-0.15, -0.1) is 0 Å². The first-order valence-electron chi connectivity index (χ1n) is 5.28. The van der Waals surface area contributed by atoms with Gasteiger partial charge in [-0.05, 0) is 25.0 Å². The van der Waals surface area contributed by atoms with Gasteiger partial charge in [0.2, 0.25) is 0 Å². The van der Waals surface area contributed by atoms with Crippen molar-refractivity contribution in [3.05, 3.63) is 28.2 Å². The summed E-state index contributed by atoms with van der Waals surface area (Å²) < 4.78 is 5.43. The molecule has 0 atom stereocenters. The van der Waals surface area contributed by atoms with E-state index in [-0.39, 0.29) is 11.7 Å². The Morgan fingerprint density at radius 2 is 1.94 bits per heavy atom. The molecule has 2 nitrogen and oxygen atoms in total. The normalized spacial score (nSPS) is 14.9. The Morgan fingerprint density at radius 3 is 2.50 bits per heavy atom. The van der Waals surface area contributed by atoms with Gasteiger partial charge in [-0.1, -0.05) is 29.3 Å². The van der Waals surface area contributed by atoms with E-state index in [1.165, 1.54) is 0 Å². The van der Waals surface area contributed by atoms with E-state index in [2.05, 4.69) is 0 Å². The highest BCUT2D eigenvalue weighted by atomic mass is 35.5. The minimum atomic E-state index is 0.281. The molecule has 0 spiro atoms. The molecule has 1 aliphatic rings. The lowest BCUT2D eigenvalue weighted by Crippen LogP contribution is -2.08. The highest BCUT2D eigenvalue weighted by Gasteiger charge is 2.28. The molecule has 16 heavy (non-hydrogen) atoms. The molecule has 4 heteroatoms. The number of ketones is 1. The molecule has 0 heterocycles. The SMILES string of the molecule is O=C(CCOc1c(Cl)cccc1Cl)C1CC1. The van der Waals surface area contributed by atoms with Gasteiger partial charge in [0.1, 0.15) is 5.78 Å². The van der Waals surface area contributed by atoms with Crippen LogP contribution in [0.4, 0.5) is 0 Å². The molecule has 86 valence electrons. The number of Topliss-reactive ketones (excluding diaryl/α,β-unsaturated/α-hetero) is 1. The van der Waals surface area contributed by atoms with Gasteiger partial charge >= 0.3 is 0 Å². The van der Waals surface area contributed by atoms with Gasteiger partial charge in [-0.25, -0.2) is 0 Å². The summed E-state index contributed by atoms with van der Waals surface area (Å²) >= 11 is 11.9. The molecule has 0 radical (unpaired) electrons. The highest BCUT2D eigenvalue weighted by molar-refractivity contribution is 6.37. The lowest BCUT2D eigenvalue weighted by molar-refractivity contribution is -0.120. The number of rotatable bonds is 5. The summed E-state index contributed by atoms with van der Waals surface area (Å²) in [4.78, 5) is 11.4. The zero-order valence-corrected chi connectivity index (χ0v) is 10.2. The second kappa shape index (κ2) is 5.07. The number of halogens is 2. The minimum absolute atomic E-state index is 0.281. The van der Waals surface area contributed by atoms with Crippen molar-refractivity contribution in [1.29, 1.82) is 0 Å². The number of carbonyl (C=O) groups is 1. The van der Waals surface area contributed by atoms with Crippen molar-refractivity contribution in [2.24, 2.45) is 5.92 Å². The zero-order chi connectivity index (χ0) is 11.5. The Labute approximate surface area is 104 Å². The number of hydrogen-bond acceptors (Lipinski definition) is 2. The van der Waals surface area contributed by atoms with Crippen molar-refractivity contribution < 1.29 is 9.53 Å². The summed E-state index contributed by atoms with van der Waals surface area (Å²) in [6.45, 7) is 0.346. The molecule has 1 saturated carbocycles. The van der Waals surface area contributed by atoms with Crippen LogP contribution >= 0.6 is 23.2 Å². The highest BCUT2D eigenvalue weighted by Crippen LogP contribution is 2.33. The molecule has 2 rings (SSSR count). The number of ether oxygens (including phenoxy) is 1. The Bertz CT molecular complexity index is 380. The predicted molar refractivity (Wildman–Crippen MR) is 64.3 cm³/mol. The van der Waals surface area contributed by atoms with Gasteiger partial charge in [0.05, 0.1) is 16.7 Å². The maximum atomic E-state index is 11.4. The van der Waals surface area contributed by atoms with E-state index in [0.717, 1.165) is 12.8 Å². The van der Waals surface area contributed by atoms with Crippen LogP contribution in [0.15, 0.2) is 18.2 Å². The summed E-state index contributed by atoms with van der Waals surface area (Å²) in [7, 11) is 0. The summed E-state index contributed by atoms with van der Waals surface area (Å²) in [5.74, 6) is 1.03. The smallest absolute Gasteiger partial charge is 0.156 e. The largest absolute Gasteiger partial charge is 0.490 e. The van der Waals surface area contributed by atoms with E-state index in [1.54, 1.807) is 18.2 Å². The number of hydrogen-bond donors (Lipinski definition) is 0. The third-order valence-electron chi connectivity index (χ3n) is 2.55. The minimum Gasteiger partial charge on any atom is -0.490 e.